The zero-order valence-corrected chi connectivity index (χ0v) is 17.5. The first-order chi connectivity index (χ1) is 13.6. The Morgan fingerprint density at radius 1 is 1.11 bits per heavy atom. The molecular formula is C20H21N3O3S2. The molecule has 0 aliphatic carbocycles. The summed E-state index contributed by atoms with van der Waals surface area (Å²) < 4.78 is 10.4. The van der Waals surface area contributed by atoms with E-state index in [0.717, 1.165) is 21.2 Å². The van der Waals surface area contributed by atoms with Gasteiger partial charge >= 0.3 is 0 Å². The minimum Gasteiger partial charge on any atom is -0.481 e. The third kappa shape index (κ3) is 5.24. The van der Waals surface area contributed by atoms with Gasteiger partial charge in [-0.3, -0.25) is 4.79 Å². The maximum absolute atomic E-state index is 12.4. The van der Waals surface area contributed by atoms with Gasteiger partial charge in [-0.1, -0.05) is 6.92 Å². The molecule has 2 aromatic heterocycles. The number of thioether (sulfide) groups is 1. The predicted molar refractivity (Wildman–Crippen MR) is 113 cm³/mol. The van der Waals surface area contributed by atoms with Gasteiger partial charge in [-0.25, -0.2) is 0 Å². The molecule has 1 amide bonds. The number of aromatic nitrogens is 2. The minimum absolute atomic E-state index is 0.128. The number of nitrogens with zero attached hydrogens (tertiary/aromatic N) is 2. The maximum atomic E-state index is 12.4. The molecule has 0 bridgehead atoms. The van der Waals surface area contributed by atoms with E-state index in [1.54, 1.807) is 32.0 Å². The van der Waals surface area contributed by atoms with Gasteiger partial charge in [0.25, 0.3) is 5.91 Å². The number of hydrogen-bond donors (Lipinski definition) is 1. The molecule has 0 aliphatic heterocycles. The second-order valence-electron chi connectivity index (χ2n) is 5.76. The molecule has 0 fully saturated rings. The summed E-state index contributed by atoms with van der Waals surface area (Å²) in [4.78, 5) is 23.3. The largest absolute Gasteiger partial charge is 0.481 e. The van der Waals surface area contributed by atoms with Crippen LogP contribution in [0.1, 0.15) is 28.0 Å². The van der Waals surface area contributed by atoms with Gasteiger partial charge in [0.15, 0.2) is 0 Å². The smallest absolute Gasteiger partial charge is 0.255 e. The summed E-state index contributed by atoms with van der Waals surface area (Å²) in [5, 5.41) is 4.84. The molecular weight excluding hydrogens is 394 g/mol. The first-order valence-electron chi connectivity index (χ1n) is 8.68. The van der Waals surface area contributed by atoms with Crippen molar-refractivity contribution in [2.45, 2.75) is 18.2 Å². The second kappa shape index (κ2) is 9.57. The van der Waals surface area contributed by atoms with E-state index < -0.39 is 0 Å². The number of carbonyl (C=O) groups excluding carboxylic acids is 1. The Morgan fingerprint density at radius 3 is 2.39 bits per heavy atom. The molecule has 0 unspecified atom stereocenters. The van der Waals surface area contributed by atoms with Crippen molar-refractivity contribution in [2.24, 2.45) is 0 Å². The molecule has 1 aromatic carbocycles. The quantitative estimate of drug-likeness (QED) is 0.546. The lowest BCUT2D eigenvalue weighted by molar-refractivity contribution is 0.102. The van der Waals surface area contributed by atoms with Gasteiger partial charge in [0.2, 0.25) is 11.8 Å². The highest BCUT2D eigenvalue weighted by Gasteiger charge is 2.11. The third-order valence-electron chi connectivity index (χ3n) is 3.82. The van der Waals surface area contributed by atoms with Crippen molar-refractivity contribution >= 4 is 34.7 Å². The second-order valence-corrected chi connectivity index (χ2v) is 8.09. The van der Waals surface area contributed by atoms with E-state index in [0.29, 0.717) is 29.6 Å². The summed E-state index contributed by atoms with van der Waals surface area (Å²) in [7, 11) is 3.11. The van der Waals surface area contributed by atoms with E-state index in [-0.39, 0.29) is 5.91 Å². The van der Waals surface area contributed by atoms with Crippen molar-refractivity contribution in [3.8, 4) is 11.8 Å². The molecule has 0 saturated carbocycles. The molecule has 28 heavy (non-hydrogen) atoms. The molecule has 0 spiro atoms. The van der Waals surface area contributed by atoms with Crippen LogP contribution in [0.2, 0.25) is 0 Å². The molecule has 2 heterocycles. The molecule has 0 aliphatic rings. The number of benzene rings is 1. The van der Waals surface area contributed by atoms with Crippen molar-refractivity contribution in [2.75, 3.05) is 25.3 Å². The van der Waals surface area contributed by atoms with Crippen LogP contribution in [0.15, 0.2) is 46.7 Å². The van der Waals surface area contributed by atoms with E-state index >= 15 is 0 Å². The number of ether oxygens (including phenoxy) is 2. The van der Waals surface area contributed by atoms with Crippen molar-refractivity contribution in [1.82, 2.24) is 9.97 Å². The molecule has 0 saturated heterocycles. The lowest BCUT2D eigenvalue weighted by Gasteiger charge is -2.05. The van der Waals surface area contributed by atoms with Crippen LogP contribution in [0.3, 0.4) is 0 Å². The summed E-state index contributed by atoms with van der Waals surface area (Å²) in [5.41, 5.74) is 1.39. The molecule has 0 radical (unpaired) electrons. The first-order valence-corrected chi connectivity index (χ1v) is 10.6. The van der Waals surface area contributed by atoms with E-state index in [2.05, 4.69) is 22.2 Å². The lowest BCUT2D eigenvalue weighted by atomic mass is 10.2. The summed E-state index contributed by atoms with van der Waals surface area (Å²) in [6.45, 7) is 2.10. The highest BCUT2D eigenvalue weighted by Crippen LogP contribution is 2.24. The van der Waals surface area contributed by atoms with Gasteiger partial charge in [0.1, 0.15) is 5.82 Å². The number of methoxy groups -OCH3 is 2. The Bertz CT molecular complexity index is 920. The van der Waals surface area contributed by atoms with Gasteiger partial charge in [0, 0.05) is 27.1 Å². The van der Waals surface area contributed by atoms with Crippen molar-refractivity contribution in [3.63, 3.8) is 0 Å². The molecule has 0 atom stereocenters. The van der Waals surface area contributed by atoms with Crippen LogP contribution >= 0.6 is 23.1 Å². The van der Waals surface area contributed by atoms with E-state index in [1.165, 1.54) is 11.3 Å². The normalized spacial score (nSPS) is 10.5. The fraction of sp³-hybridized carbons (Fsp3) is 0.250. The van der Waals surface area contributed by atoms with Gasteiger partial charge in [-0.05, 0) is 36.1 Å². The fourth-order valence-corrected chi connectivity index (χ4v) is 3.98. The summed E-state index contributed by atoms with van der Waals surface area (Å²) in [6, 6.07) is 11.2. The van der Waals surface area contributed by atoms with Crippen molar-refractivity contribution in [3.05, 3.63) is 58.0 Å². The number of rotatable bonds is 8. The molecule has 6 nitrogen and oxygen atoms in total. The SMILES string of the molecule is CCSc1ccc(C(=O)Nc2csc(Cc3nc(OC)cc(OC)n3)c2)cc1. The van der Waals surface area contributed by atoms with Gasteiger partial charge in [-0.2, -0.15) is 9.97 Å². The van der Waals surface area contributed by atoms with E-state index in [4.69, 9.17) is 9.47 Å². The third-order valence-corrected chi connectivity index (χ3v) is 5.65. The van der Waals surface area contributed by atoms with Crippen LogP contribution in [0.25, 0.3) is 0 Å². The Balaban J connectivity index is 1.66. The van der Waals surface area contributed by atoms with Gasteiger partial charge in [0.05, 0.1) is 26.0 Å². The van der Waals surface area contributed by atoms with Crippen LogP contribution in [-0.2, 0) is 6.42 Å². The number of anilines is 1. The van der Waals surface area contributed by atoms with Crippen LogP contribution in [0.4, 0.5) is 5.69 Å². The molecule has 3 rings (SSSR count). The number of carbonyl (C=O) groups is 1. The van der Waals surface area contributed by atoms with Crippen molar-refractivity contribution < 1.29 is 14.3 Å². The van der Waals surface area contributed by atoms with E-state index in [1.807, 2.05) is 35.7 Å². The minimum atomic E-state index is -0.128. The molecule has 146 valence electrons. The maximum Gasteiger partial charge on any atom is 0.255 e. The summed E-state index contributed by atoms with van der Waals surface area (Å²) >= 11 is 3.29. The van der Waals surface area contributed by atoms with Crippen LogP contribution in [-0.4, -0.2) is 35.8 Å². The summed E-state index contributed by atoms with van der Waals surface area (Å²) in [5.74, 6) is 2.39. The topological polar surface area (TPSA) is 73.3 Å². The molecule has 8 heteroatoms. The lowest BCUT2D eigenvalue weighted by Crippen LogP contribution is -2.11. The average molecular weight is 416 g/mol. The first kappa shape index (κ1) is 20.2. The summed E-state index contributed by atoms with van der Waals surface area (Å²) in [6.07, 6.45) is 0.525. The predicted octanol–water partition coefficient (Wildman–Crippen LogP) is 4.51. The fourth-order valence-electron chi connectivity index (χ4n) is 2.50. The Kier molecular flexibility index (Phi) is 6.89. The average Bonchev–Trinajstić information content (AvgIpc) is 3.15. The van der Waals surface area contributed by atoms with Crippen LogP contribution < -0.4 is 14.8 Å². The number of nitrogens with one attached hydrogen (secondary N) is 1. The molecule has 1 N–H and O–H groups in total. The zero-order valence-electron chi connectivity index (χ0n) is 15.9. The number of thiophene rings is 1. The zero-order chi connectivity index (χ0) is 19.9. The highest BCUT2D eigenvalue weighted by molar-refractivity contribution is 7.99. The van der Waals surface area contributed by atoms with Crippen molar-refractivity contribution in [1.29, 1.82) is 0 Å². The Morgan fingerprint density at radius 2 is 1.79 bits per heavy atom. The standard InChI is InChI=1S/C20H21N3O3S2/c1-4-27-15-7-5-13(6-8-15)20(24)21-14-9-16(28-12-14)10-17-22-18(25-2)11-19(23-17)26-3/h5-9,11-12H,4,10H2,1-3H3,(H,21,24). The highest BCUT2D eigenvalue weighted by atomic mass is 32.2. The monoisotopic (exact) mass is 415 g/mol. The van der Waals surface area contributed by atoms with E-state index in [9.17, 15) is 4.79 Å². The molecule has 3 aromatic rings. The Hall–Kier alpha value is -2.58. The Labute approximate surface area is 172 Å². The number of amides is 1. The van der Waals surface area contributed by atoms with Gasteiger partial charge in [-0.15, -0.1) is 23.1 Å². The number of hydrogen-bond acceptors (Lipinski definition) is 7. The van der Waals surface area contributed by atoms with Crippen LogP contribution in [0.5, 0.6) is 11.8 Å². The van der Waals surface area contributed by atoms with Gasteiger partial charge < -0.3 is 14.8 Å². The van der Waals surface area contributed by atoms with Crippen LogP contribution in [0, 0.1) is 0 Å².